The van der Waals surface area contributed by atoms with Gasteiger partial charge in [-0.15, -0.1) is 0 Å². The highest BCUT2D eigenvalue weighted by Gasteiger charge is 2.57. The second kappa shape index (κ2) is 9.94. The van der Waals surface area contributed by atoms with Crippen LogP contribution in [0.15, 0.2) is 42.6 Å². The van der Waals surface area contributed by atoms with Gasteiger partial charge < -0.3 is 19.3 Å². The van der Waals surface area contributed by atoms with Crippen molar-refractivity contribution in [3.8, 4) is 6.01 Å². The number of carboxylic acid groups (broad SMARTS) is 1. The molecule has 1 N–H and O–H groups in total. The number of imidazole rings is 1. The van der Waals surface area contributed by atoms with Gasteiger partial charge in [-0.3, -0.25) is 0 Å². The van der Waals surface area contributed by atoms with E-state index >= 15 is 0 Å². The number of benzene rings is 2. The second-order valence-corrected chi connectivity index (χ2v) is 11.9. The number of rotatable bonds is 8. The first kappa shape index (κ1) is 26.1. The second-order valence-electron chi connectivity index (χ2n) is 11.5. The fraction of sp³-hybridized carbons (Fsp3) is 0.400. The lowest BCUT2D eigenvalue weighted by atomic mass is 9.90. The van der Waals surface area contributed by atoms with Gasteiger partial charge in [0.05, 0.1) is 22.8 Å². The standard InChI is InChI=1S/C30H28ClF2N5O3/c31-20-5-3-19(22(32)12-20)16-41-29-34-14-23(33)27(36-29)37-9-7-30(8-10-37)13-21(30)26-35-24-6-4-18(28(39)40)11-25(24)38(26)15-17-1-2-17/h3-6,11-12,14,17,21H,1-2,7-10,13,15-16H2,(H,39,40)/t21-/m1/s1. The van der Waals surface area contributed by atoms with E-state index in [1.807, 2.05) is 11.0 Å². The van der Waals surface area contributed by atoms with E-state index in [0.29, 0.717) is 29.6 Å². The van der Waals surface area contributed by atoms with Gasteiger partial charge in [0.15, 0.2) is 11.6 Å². The summed E-state index contributed by atoms with van der Waals surface area (Å²) < 4.78 is 36.8. The molecule has 2 aromatic carbocycles. The highest BCUT2D eigenvalue weighted by atomic mass is 35.5. The average molecular weight is 580 g/mol. The number of ether oxygens (including phenoxy) is 1. The zero-order valence-electron chi connectivity index (χ0n) is 22.2. The number of hydrogen-bond donors (Lipinski definition) is 1. The summed E-state index contributed by atoms with van der Waals surface area (Å²) in [6.07, 6.45) is 6.20. The maximum absolute atomic E-state index is 14.8. The Morgan fingerprint density at radius 3 is 2.63 bits per heavy atom. The van der Waals surface area contributed by atoms with Crippen molar-refractivity contribution in [3.63, 3.8) is 0 Å². The van der Waals surface area contributed by atoms with E-state index in [9.17, 15) is 18.7 Å². The number of aromatic nitrogens is 4. The molecule has 0 amide bonds. The van der Waals surface area contributed by atoms with Gasteiger partial charge >= 0.3 is 12.0 Å². The molecule has 2 saturated carbocycles. The van der Waals surface area contributed by atoms with Gasteiger partial charge in [-0.2, -0.15) is 4.98 Å². The molecule has 1 saturated heterocycles. The molecule has 1 spiro atoms. The van der Waals surface area contributed by atoms with Crippen molar-refractivity contribution in [1.82, 2.24) is 19.5 Å². The molecule has 0 radical (unpaired) electrons. The first-order valence-corrected chi connectivity index (χ1v) is 14.3. The van der Waals surface area contributed by atoms with Crippen molar-refractivity contribution in [1.29, 1.82) is 0 Å². The van der Waals surface area contributed by atoms with E-state index in [-0.39, 0.29) is 35.3 Å². The normalized spacial score (nSPS) is 19.6. The number of anilines is 1. The summed E-state index contributed by atoms with van der Waals surface area (Å²) in [5, 5.41) is 9.81. The van der Waals surface area contributed by atoms with Gasteiger partial charge in [-0.1, -0.05) is 17.7 Å². The van der Waals surface area contributed by atoms with Crippen molar-refractivity contribution >= 4 is 34.4 Å². The zero-order valence-corrected chi connectivity index (χ0v) is 22.9. The Hall–Kier alpha value is -3.79. The van der Waals surface area contributed by atoms with Crippen LogP contribution in [0.25, 0.3) is 11.0 Å². The number of nitrogens with zero attached hydrogens (tertiary/aromatic N) is 5. The molecule has 3 aliphatic rings. The molecule has 1 atom stereocenters. The van der Waals surface area contributed by atoms with E-state index in [1.54, 1.807) is 18.2 Å². The van der Waals surface area contributed by atoms with Crippen molar-refractivity contribution in [2.45, 2.75) is 51.2 Å². The number of aromatic carboxylic acids is 1. The Morgan fingerprint density at radius 1 is 1.10 bits per heavy atom. The highest BCUT2D eigenvalue weighted by molar-refractivity contribution is 6.30. The summed E-state index contributed by atoms with van der Waals surface area (Å²) in [4.78, 5) is 26.8. The molecular formula is C30H28ClF2N5O3. The lowest BCUT2D eigenvalue weighted by Gasteiger charge is -2.33. The lowest BCUT2D eigenvalue weighted by Crippen LogP contribution is -2.36. The van der Waals surface area contributed by atoms with Crippen LogP contribution in [0.2, 0.25) is 5.02 Å². The lowest BCUT2D eigenvalue weighted by molar-refractivity contribution is 0.0697. The van der Waals surface area contributed by atoms with E-state index in [2.05, 4.69) is 14.5 Å². The Bertz CT molecular complexity index is 1670. The van der Waals surface area contributed by atoms with Gasteiger partial charge in [0.2, 0.25) is 0 Å². The number of piperidine rings is 1. The molecule has 0 unspecified atom stereocenters. The smallest absolute Gasteiger partial charge is 0.335 e. The van der Waals surface area contributed by atoms with Crippen molar-refractivity contribution in [2.75, 3.05) is 18.0 Å². The van der Waals surface area contributed by atoms with E-state index < -0.39 is 17.6 Å². The molecular weight excluding hydrogens is 552 g/mol. The summed E-state index contributed by atoms with van der Waals surface area (Å²) in [5.74, 6) is 0.163. The van der Waals surface area contributed by atoms with Crippen molar-refractivity contribution in [3.05, 3.63) is 76.2 Å². The van der Waals surface area contributed by atoms with Crippen molar-refractivity contribution < 1.29 is 23.4 Å². The summed E-state index contributed by atoms with van der Waals surface area (Å²) in [6.45, 7) is 2.01. The Morgan fingerprint density at radius 2 is 1.90 bits per heavy atom. The molecule has 8 nitrogen and oxygen atoms in total. The van der Waals surface area contributed by atoms with Gasteiger partial charge in [0.1, 0.15) is 18.2 Å². The minimum atomic E-state index is -0.939. The number of hydrogen-bond acceptors (Lipinski definition) is 6. The summed E-state index contributed by atoms with van der Waals surface area (Å²) in [7, 11) is 0. The van der Waals surface area contributed by atoms with Gasteiger partial charge in [-0.25, -0.2) is 23.5 Å². The minimum absolute atomic E-state index is 0.0186. The fourth-order valence-corrected chi connectivity index (χ4v) is 6.29. The molecule has 4 aromatic rings. The van der Waals surface area contributed by atoms with Crippen LogP contribution in [0.5, 0.6) is 6.01 Å². The van der Waals surface area contributed by atoms with Crippen LogP contribution in [0.3, 0.4) is 0 Å². The predicted octanol–water partition coefficient (Wildman–Crippen LogP) is 6.22. The first-order valence-electron chi connectivity index (χ1n) is 13.9. The molecule has 0 bridgehead atoms. The van der Waals surface area contributed by atoms with Crippen LogP contribution in [0, 0.1) is 23.0 Å². The number of carboxylic acids is 1. The van der Waals surface area contributed by atoms with Crippen LogP contribution < -0.4 is 9.64 Å². The summed E-state index contributed by atoms with van der Waals surface area (Å²) in [5.41, 5.74) is 2.38. The maximum atomic E-state index is 14.8. The number of halogens is 3. The monoisotopic (exact) mass is 579 g/mol. The fourth-order valence-electron chi connectivity index (χ4n) is 6.13. The molecule has 1 aliphatic heterocycles. The minimum Gasteiger partial charge on any atom is -0.478 e. The molecule has 3 fully saturated rings. The molecule has 11 heteroatoms. The number of fused-ring (bicyclic) bond motifs is 1. The quantitative estimate of drug-likeness (QED) is 0.265. The Kier molecular flexibility index (Phi) is 6.33. The average Bonchev–Trinajstić information content (AvgIpc) is 3.87. The molecule has 2 aromatic heterocycles. The summed E-state index contributed by atoms with van der Waals surface area (Å²) >= 11 is 5.81. The molecule has 3 heterocycles. The summed E-state index contributed by atoms with van der Waals surface area (Å²) in [6, 6.07) is 9.46. The third kappa shape index (κ3) is 4.98. The maximum Gasteiger partial charge on any atom is 0.335 e. The molecule has 212 valence electrons. The van der Waals surface area contributed by atoms with Crippen LogP contribution in [0.4, 0.5) is 14.6 Å². The molecule has 41 heavy (non-hydrogen) atoms. The third-order valence-electron chi connectivity index (χ3n) is 8.80. The van der Waals surface area contributed by atoms with Crippen LogP contribution in [-0.2, 0) is 13.2 Å². The van der Waals surface area contributed by atoms with E-state index in [1.165, 1.54) is 25.0 Å². The van der Waals surface area contributed by atoms with Gasteiger partial charge in [0.25, 0.3) is 0 Å². The molecule has 7 rings (SSSR count). The van der Waals surface area contributed by atoms with Crippen LogP contribution in [0.1, 0.15) is 59.8 Å². The van der Waals surface area contributed by atoms with Crippen molar-refractivity contribution in [2.24, 2.45) is 11.3 Å². The third-order valence-corrected chi connectivity index (χ3v) is 9.03. The Balaban J connectivity index is 1.06. The van der Waals surface area contributed by atoms with Gasteiger partial charge in [0, 0.05) is 36.1 Å². The van der Waals surface area contributed by atoms with Crippen LogP contribution >= 0.6 is 11.6 Å². The Labute approximate surface area is 239 Å². The SMILES string of the molecule is O=C(O)c1ccc2nc([C@H]3CC34CCN(c3nc(OCc5ccc(Cl)cc5F)ncc3F)CC4)n(CC3CC3)c2c1. The molecule has 2 aliphatic carbocycles. The number of carbonyl (C=O) groups is 1. The predicted molar refractivity (Wildman–Crippen MR) is 148 cm³/mol. The van der Waals surface area contributed by atoms with Gasteiger partial charge in [-0.05, 0) is 73.8 Å². The van der Waals surface area contributed by atoms with E-state index in [4.69, 9.17) is 21.3 Å². The first-order chi connectivity index (χ1) is 19.8. The van der Waals surface area contributed by atoms with Crippen LogP contribution in [-0.4, -0.2) is 43.7 Å². The zero-order chi connectivity index (χ0) is 28.3. The topological polar surface area (TPSA) is 93.4 Å². The largest absolute Gasteiger partial charge is 0.478 e. The highest BCUT2D eigenvalue weighted by Crippen LogP contribution is 2.65. The van der Waals surface area contributed by atoms with E-state index in [0.717, 1.165) is 48.9 Å².